The summed E-state index contributed by atoms with van der Waals surface area (Å²) in [6.07, 6.45) is 0.180. The maximum Gasteiger partial charge on any atom is 0.264 e. The quantitative estimate of drug-likeness (QED) is 0.198. The van der Waals surface area contributed by atoms with Crippen LogP contribution in [-0.4, -0.2) is 44.8 Å². The molecule has 0 aliphatic carbocycles. The minimum atomic E-state index is -4.24. The number of rotatable bonds is 11. The van der Waals surface area contributed by atoms with E-state index in [0.717, 1.165) is 9.87 Å². The zero-order chi connectivity index (χ0) is 31.1. The lowest BCUT2D eigenvalue weighted by atomic mass is 10.0. The highest BCUT2D eigenvalue weighted by molar-refractivity contribution is 7.92. The van der Waals surface area contributed by atoms with E-state index in [-0.39, 0.29) is 23.5 Å². The minimum absolute atomic E-state index is 0.00149. The lowest BCUT2D eigenvalue weighted by Gasteiger charge is -2.34. The van der Waals surface area contributed by atoms with Crippen LogP contribution in [-0.2, 0) is 32.6 Å². The highest BCUT2D eigenvalue weighted by Gasteiger charge is 2.35. The lowest BCUT2D eigenvalue weighted by molar-refractivity contribution is -0.139. The van der Waals surface area contributed by atoms with E-state index in [1.54, 1.807) is 61.5 Å². The van der Waals surface area contributed by atoms with Gasteiger partial charge in [-0.2, -0.15) is 0 Å². The maximum atomic E-state index is 14.4. The second-order valence-electron chi connectivity index (χ2n) is 9.79. The molecule has 11 heteroatoms. The molecule has 4 aromatic rings. The second-order valence-corrected chi connectivity index (χ2v) is 12.9. The van der Waals surface area contributed by atoms with Gasteiger partial charge >= 0.3 is 0 Å². The molecule has 1 N–H and O–H groups in total. The molecule has 224 valence electrons. The van der Waals surface area contributed by atoms with Crippen LogP contribution in [0.4, 0.5) is 5.69 Å². The largest absolute Gasteiger partial charge is 0.357 e. The summed E-state index contributed by atoms with van der Waals surface area (Å²) in [6.45, 7) is 1.00. The Balaban J connectivity index is 1.83. The van der Waals surface area contributed by atoms with E-state index in [9.17, 15) is 18.0 Å². The summed E-state index contributed by atoms with van der Waals surface area (Å²) in [6, 6.07) is 25.8. The average molecular weight is 659 g/mol. The SMILES string of the molecule is CNC(=O)[C@H](Cc1ccccc1)N(Cc1ccc(Cl)cc1Cl)C(=O)CN(c1cccc(Cl)c1C)S(=O)(=O)c1ccccc1. The minimum Gasteiger partial charge on any atom is -0.357 e. The van der Waals surface area contributed by atoms with Crippen LogP contribution in [0.3, 0.4) is 0 Å². The van der Waals surface area contributed by atoms with E-state index in [1.165, 1.54) is 24.1 Å². The molecule has 0 spiro atoms. The molecule has 2 amide bonds. The number of nitrogens with zero attached hydrogens (tertiary/aromatic N) is 2. The van der Waals surface area contributed by atoms with E-state index in [1.807, 2.05) is 30.3 Å². The van der Waals surface area contributed by atoms with Crippen molar-refractivity contribution in [3.8, 4) is 0 Å². The Labute approximate surface area is 267 Å². The molecule has 0 saturated carbocycles. The second kappa shape index (κ2) is 14.3. The van der Waals surface area contributed by atoms with Crippen molar-refractivity contribution in [3.63, 3.8) is 0 Å². The van der Waals surface area contributed by atoms with Crippen molar-refractivity contribution in [1.82, 2.24) is 10.2 Å². The van der Waals surface area contributed by atoms with Crippen molar-refractivity contribution < 1.29 is 18.0 Å². The van der Waals surface area contributed by atoms with Gasteiger partial charge in [-0.15, -0.1) is 0 Å². The van der Waals surface area contributed by atoms with Crippen LogP contribution in [0, 0.1) is 6.92 Å². The van der Waals surface area contributed by atoms with E-state index in [2.05, 4.69) is 5.32 Å². The van der Waals surface area contributed by atoms with Gasteiger partial charge in [-0.1, -0.05) is 95.5 Å². The van der Waals surface area contributed by atoms with E-state index >= 15 is 0 Å². The summed E-state index contributed by atoms with van der Waals surface area (Å²) in [5, 5.41) is 3.71. The molecule has 0 aliphatic heterocycles. The summed E-state index contributed by atoms with van der Waals surface area (Å²) in [5.74, 6) is -1.03. The van der Waals surface area contributed by atoms with Crippen molar-refractivity contribution in [2.24, 2.45) is 0 Å². The number of carbonyl (C=O) groups is 2. The number of halogens is 3. The standard InChI is InChI=1S/C32H30Cl3N3O4S/c1-22-27(34)14-9-15-29(22)38(43(41,42)26-12-7-4-8-13-26)21-31(39)37(20-24-16-17-25(33)19-28(24)35)30(32(40)36-2)18-23-10-5-3-6-11-23/h3-17,19,30H,18,20-21H2,1-2H3,(H,36,40)/t30-/m0/s1. The van der Waals surface area contributed by atoms with Gasteiger partial charge in [0.05, 0.1) is 10.6 Å². The number of anilines is 1. The number of sulfonamides is 1. The van der Waals surface area contributed by atoms with E-state index in [4.69, 9.17) is 34.8 Å². The van der Waals surface area contributed by atoms with E-state index in [0.29, 0.717) is 26.2 Å². The van der Waals surface area contributed by atoms with Gasteiger partial charge in [-0.3, -0.25) is 13.9 Å². The van der Waals surface area contributed by atoms with Crippen LogP contribution in [0.2, 0.25) is 15.1 Å². The predicted octanol–water partition coefficient (Wildman–Crippen LogP) is 6.54. The predicted molar refractivity (Wildman–Crippen MR) is 172 cm³/mol. The van der Waals surface area contributed by atoms with Crippen molar-refractivity contribution in [1.29, 1.82) is 0 Å². The summed E-state index contributed by atoms with van der Waals surface area (Å²) < 4.78 is 29.1. The number of benzene rings is 4. The lowest BCUT2D eigenvalue weighted by Crippen LogP contribution is -2.53. The monoisotopic (exact) mass is 657 g/mol. The molecule has 1 atom stereocenters. The smallest absolute Gasteiger partial charge is 0.264 e. The van der Waals surface area contributed by atoms with Gasteiger partial charge in [0.25, 0.3) is 10.0 Å². The molecule has 4 rings (SSSR count). The molecule has 0 saturated heterocycles. The third kappa shape index (κ3) is 7.70. The molecular formula is C32H30Cl3N3O4S. The van der Waals surface area contributed by atoms with Gasteiger partial charge in [0, 0.05) is 35.1 Å². The molecule has 0 aromatic heterocycles. The number of hydrogen-bond donors (Lipinski definition) is 1. The fourth-order valence-electron chi connectivity index (χ4n) is 4.65. The van der Waals surface area contributed by atoms with Crippen molar-refractivity contribution in [3.05, 3.63) is 129 Å². The van der Waals surface area contributed by atoms with Crippen LogP contribution in [0.5, 0.6) is 0 Å². The highest BCUT2D eigenvalue weighted by atomic mass is 35.5. The summed E-state index contributed by atoms with van der Waals surface area (Å²) in [7, 11) is -2.75. The molecule has 0 radical (unpaired) electrons. The van der Waals surface area contributed by atoms with Gasteiger partial charge in [-0.25, -0.2) is 8.42 Å². The molecule has 4 aromatic carbocycles. The zero-order valence-electron chi connectivity index (χ0n) is 23.5. The van der Waals surface area contributed by atoms with Crippen molar-refractivity contribution >= 4 is 62.3 Å². The number of carbonyl (C=O) groups excluding carboxylic acids is 2. The van der Waals surface area contributed by atoms with Crippen LogP contribution in [0.1, 0.15) is 16.7 Å². The highest BCUT2D eigenvalue weighted by Crippen LogP contribution is 2.32. The van der Waals surface area contributed by atoms with Crippen LogP contribution < -0.4 is 9.62 Å². The molecule has 0 heterocycles. The van der Waals surface area contributed by atoms with Gasteiger partial charge in [0.1, 0.15) is 12.6 Å². The van der Waals surface area contributed by atoms with Crippen LogP contribution in [0.25, 0.3) is 0 Å². The topological polar surface area (TPSA) is 86.8 Å². The van der Waals surface area contributed by atoms with Gasteiger partial charge < -0.3 is 10.2 Å². The molecule has 0 aliphatic rings. The zero-order valence-corrected chi connectivity index (χ0v) is 26.6. The first-order chi connectivity index (χ1) is 20.5. The average Bonchev–Trinajstić information content (AvgIpc) is 3.00. The van der Waals surface area contributed by atoms with E-state index < -0.39 is 34.4 Å². The Hall–Kier alpha value is -3.56. The number of nitrogens with one attached hydrogen (secondary N) is 1. The molecular weight excluding hydrogens is 629 g/mol. The van der Waals surface area contributed by atoms with Crippen molar-refractivity contribution in [2.45, 2.75) is 30.8 Å². The Morgan fingerprint density at radius 3 is 2.12 bits per heavy atom. The Bertz CT molecular complexity index is 1700. The Morgan fingerprint density at radius 2 is 1.49 bits per heavy atom. The fraction of sp³-hybridized carbons (Fsp3) is 0.188. The molecule has 0 bridgehead atoms. The summed E-state index contributed by atoms with van der Waals surface area (Å²) in [5.41, 5.74) is 2.08. The maximum absolute atomic E-state index is 14.4. The first-order valence-corrected chi connectivity index (χ1v) is 15.9. The summed E-state index contributed by atoms with van der Waals surface area (Å²) >= 11 is 19.0. The van der Waals surface area contributed by atoms with Crippen LogP contribution >= 0.6 is 34.8 Å². The normalized spacial score (nSPS) is 11.9. The Morgan fingerprint density at radius 1 is 0.837 bits per heavy atom. The first-order valence-electron chi connectivity index (χ1n) is 13.3. The van der Waals surface area contributed by atoms with Gasteiger partial charge in [0.2, 0.25) is 11.8 Å². The molecule has 0 unspecified atom stereocenters. The first kappa shape index (κ1) is 32.4. The van der Waals surface area contributed by atoms with Gasteiger partial charge in [0.15, 0.2) is 0 Å². The summed E-state index contributed by atoms with van der Waals surface area (Å²) in [4.78, 5) is 29.1. The van der Waals surface area contributed by atoms with Gasteiger partial charge in [-0.05, 0) is 60.0 Å². The third-order valence-corrected chi connectivity index (χ3v) is 9.76. The Kier molecular flexibility index (Phi) is 10.7. The molecule has 7 nitrogen and oxygen atoms in total. The fourth-order valence-corrected chi connectivity index (χ4v) is 6.78. The van der Waals surface area contributed by atoms with Crippen molar-refractivity contribution in [2.75, 3.05) is 17.9 Å². The number of hydrogen-bond acceptors (Lipinski definition) is 4. The number of amides is 2. The number of likely N-dealkylation sites (N-methyl/N-ethyl adjacent to an activating group) is 1. The molecule has 43 heavy (non-hydrogen) atoms. The molecule has 0 fully saturated rings. The third-order valence-electron chi connectivity index (χ3n) is 6.99. The van der Waals surface area contributed by atoms with Crippen LogP contribution in [0.15, 0.2) is 102 Å².